The maximum Gasteiger partial charge on any atom is 0.339 e. The molecule has 2 aromatic heterocycles. The highest BCUT2D eigenvalue weighted by atomic mass is 19.1. The van der Waals surface area contributed by atoms with E-state index < -0.39 is 5.97 Å². The quantitative estimate of drug-likeness (QED) is 0.695. The van der Waals surface area contributed by atoms with Gasteiger partial charge in [0, 0.05) is 18.8 Å². The summed E-state index contributed by atoms with van der Waals surface area (Å²) >= 11 is 0. The summed E-state index contributed by atoms with van der Waals surface area (Å²) in [5, 5.41) is 0. The number of rotatable bonds is 3. The Hall–Kier alpha value is -2.69. The summed E-state index contributed by atoms with van der Waals surface area (Å²) in [6.07, 6.45) is 4.03. The van der Waals surface area contributed by atoms with E-state index in [0.717, 1.165) is 16.9 Å². The molecule has 0 aliphatic carbocycles. The normalized spacial score (nSPS) is 10.8. The second-order valence-electron chi connectivity index (χ2n) is 4.71. The maximum atomic E-state index is 13.2. The molecule has 0 fully saturated rings. The molecular weight excluding hydrogens is 271 g/mol. The largest absolute Gasteiger partial charge is 0.465 e. The number of benzene rings is 1. The summed E-state index contributed by atoms with van der Waals surface area (Å²) in [6, 6.07) is 9.85. The van der Waals surface area contributed by atoms with Crippen LogP contribution in [-0.4, -0.2) is 22.5 Å². The molecule has 0 aliphatic heterocycles. The number of pyridine rings is 1. The first-order valence-corrected chi connectivity index (χ1v) is 6.46. The van der Waals surface area contributed by atoms with Gasteiger partial charge in [-0.05, 0) is 29.8 Å². The van der Waals surface area contributed by atoms with Crippen molar-refractivity contribution in [1.82, 2.24) is 9.38 Å². The summed E-state index contributed by atoms with van der Waals surface area (Å²) in [5.41, 5.74) is 2.85. The van der Waals surface area contributed by atoms with E-state index in [0.29, 0.717) is 12.0 Å². The van der Waals surface area contributed by atoms with Crippen molar-refractivity contribution in [2.75, 3.05) is 7.11 Å². The van der Waals surface area contributed by atoms with Gasteiger partial charge in [-0.3, -0.25) is 0 Å². The minimum absolute atomic E-state index is 0.260. The summed E-state index contributed by atoms with van der Waals surface area (Å²) in [7, 11) is 1.34. The molecule has 0 N–H and O–H groups in total. The Kier molecular flexibility index (Phi) is 3.39. The zero-order valence-corrected chi connectivity index (χ0v) is 11.4. The van der Waals surface area contributed by atoms with E-state index in [1.807, 2.05) is 12.3 Å². The topological polar surface area (TPSA) is 43.6 Å². The van der Waals surface area contributed by atoms with Crippen LogP contribution < -0.4 is 0 Å². The van der Waals surface area contributed by atoms with Gasteiger partial charge in [0.25, 0.3) is 0 Å². The Morgan fingerprint density at radius 2 is 2.14 bits per heavy atom. The molecule has 0 bridgehead atoms. The maximum absolute atomic E-state index is 13.2. The van der Waals surface area contributed by atoms with Gasteiger partial charge in [-0.25, -0.2) is 14.2 Å². The Labute approximate surface area is 120 Å². The van der Waals surface area contributed by atoms with Crippen molar-refractivity contribution in [1.29, 1.82) is 0 Å². The molecule has 0 unspecified atom stereocenters. The molecule has 4 nitrogen and oxygen atoms in total. The molecule has 0 amide bonds. The second kappa shape index (κ2) is 5.36. The fraction of sp³-hybridized carbons (Fsp3) is 0.125. The van der Waals surface area contributed by atoms with Gasteiger partial charge in [-0.1, -0.05) is 12.1 Å². The average molecular weight is 284 g/mol. The number of ether oxygens (including phenoxy) is 1. The van der Waals surface area contributed by atoms with Crippen molar-refractivity contribution in [3.63, 3.8) is 0 Å². The highest BCUT2D eigenvalue weighted by Crippen LogP contribution is 2.13. The van der Waals surface area contributed by atoms with Crippen LogP contribution in [0.3, 0.4) is 0 Å². The molecule has 2 heterocycles. The fourth-order valence-electron chi connectivity index (χ4n) is 2.22. The lowest BCUT2D eigenvalue weighted by Gasteiger charge is -1.99. The van der Waals surface area contributed by atoms with Gasteiger partial charge in [0.15, 0.2) is 0 Å². The third kappa shape index (κ3) is 2.76. The number of carbonyl (C=O) groups excluding carboxylic acids is 1. The number of aromatic nitrogens is 2. The first kappa shape index (κ1) is 13.3. The van der Waals surface area contributed by atoms with Gasteiger partial charge in [-0.15, -0.1) is 0 Å². The SMILES string of the molecule is COC(=O)c1ccc2nc(Cc3cccc(F)c3)cn2c1. The molecule has 1 aromatic carbocycles. The Bertz CT molecular complexity index is 811. The van der Waals surface area contributed by atoms with Crippen LogP contribution in [0.1, 0.15) is 21.6 Å². The molecule has 0 spiro atoms. The molecule has 5 heteroatoms. The molecule has 0 saturated carbocycles. The lowest BCUT2D eigenvalue weighted by Crippen LogP contribution is -2.02. The van der Waals surface area contributed by atoms with E-state index in [1.54, 1.807) is 28.8 Å². The number of nitrogens with zero attached hydrogens (tertiary/aromatic N) is 2. The number of fused-ring (bicyclic) bond motifs is 1. The van der Waals surface area contributed by atoms with Crippen LogP contribution in [-0.2, 0) is 11.2 Å². The minimum atomic E-state index is -0.391. The van der Waals surface area contributed by atoms with Gasteiger partial charge < -0.3 is 9.14 Å². The molecule has 3 rings (SSSR count). The second-order valence-corrected chi connectivity index (χ2v) is 4.71. The molecule has 0 saturated heterocycles. The third-order valence-corrected chi connectivity index (χ3v) is 3.20. The number of imidazole rings is 1. The highest BCUT2D eigenvalue weighted by molar-refractivity contribution is 5.89. The zero-order valence-electron chi connectivity index (χ0n) is 11.4. The number of hydrogen-bond donors (Lipinski definition) is 0. The number of carbonyl (C=O) groups is 1. The van der Waals surface area contributed by atoms with Crippen molar-refractivity contribution in [3.8, 4) is 0 Å². The van der Waals surface area contributed by atoms with Crippen molar-refractivity contribution in [2.45, 2.75) is 6.42 Å². The molecule has 3 aromatic rings. The van der Waals surface area contributed by atoms with Gasteiger partial charge in [0.1, 0.15) is 11.5 Å². The Morgan fingerprint density at radius 3 is 2.90 bits per heavy atom. The zero-order chi connectivity index (χ0) is 14.8. The minimum Gasteiger partial charge on any atom is -0.465 e. The number of hydrogen-bond acceptors (Lipinski definition) is 3. The summed E-state index contributed by atoms with van der Waals surface area (Å²) in [6.45, 7) is 0. The van der Waals surface area contributed by atoms with E-state index >= 15 is 0 Å². The van der Waals surface area contributed by atoms with Crippen molar-refractivity contribution in [2.24, 2.45) is 0 Å². The Morgan fingerprint density at radius 1 is 1.29 bits per heavy atom. The Balaban J connectivity index is 1.92. The molecule has 0 radical (unpaired) electrons. The molecule has 106 valence electrons. The van der Waals surface area contributed by atoms with Crippen LogP contribution in [0, 0.1) is 5.82 Å². The molecule has 0 aliphatic rings. The number of esters is 1. The molecule has 0 atom stereocenters. The smallest absolute Gasteiger partial charge is 0.339 e. The lowest BCUT2D eigenvalue weighted by atomic mass is 10.1. The van der Waals surface area contributed by atoms with Crippen molar-refractivity contribution < 1.29 is 13.9 Å². The van der Waals surface area contributed by atoms with Crippen molar-refractivity contribution in [3.05, 3.63) is 71.4 Å². The van der Waals surface area contributed by atoms with E-state index in [1.165, 1.54) is 19.2 Å². The summed E-state index contributed by atoms with van der Waals surface area (Å²) < 4.78 is 19.6. The summed E-state index contributed by atoms with van der Waals surface area (Å²) in [4.78, 5) is 15.9. The van der Waals surface area contributed by atoms with Crippen LogP contribution in [0.5, 0.6) is 0 Å². The standard InChI is InChI=1S/C16H13FN2O2/c1-21-16(20)12-5-6-15-18-14(10-19(15)9-12)8-11-3-2-4-13(17)7-11/h2-7,9-10H,8H2,1H3. The predicted octanol–water partition coefficient (Wildman–Crippen LogP) is 2.85. The van der Waals surface area contributed by atoms with E-state index in [9.17, 15) is 9.18 Å². The third-order valence-electron chi connectivity index (χ3n) is 3.20. The highest BCUT2D eigenvalue weighted by Gasteiger charge is 2.08. The van der Waals surface area contributed by atoms with Crippen LogP contribution in [0.4, 0.5) is 4.39 Å². The fourth-order valence-corrected chi connectivity index (χ4v) is 2.22. The van der Waals surface area contributed by atoms with E-state index in [4.69, 9.17) is 0 Å². The first-order valence-electron chi connectivity index (χ1n) is 6.46. The van der Waals surface area contributed by atoms with Gasteiger partial charge in [0.05, 0.1) is 18.4 Å². The van der Waals surface area contributed by atoms with Crippen molar-refractivity contribution >= 4 is 11.6 Å². The monoisotopic (exact) mass is 284 g/mol. The van der Waals surface area contributed by atoms with Crippen LogP contribution in [0.15, 0.2) is 48.8 Å². The van der Waals surface area contributed by atoms with Gasteiger partial charge in [0.2, 0.25) is 0 Å². The molecule has 21 heavy (non-hydrogen) atoms. The summed E-state index contributed by atoms with van der Waals surface area (Å²) in [5.74, 6) is -0.651. The predicted molar refractivity (Wildman–Crippen MR) is 75.7 cm³/mol. The number of halogens is 1. The average Bonchev–Trinajstić information content (AvgIpc) is 2.87. The van der Waals surface area contributed by atoms with Gasteiger partial charge in [-0.2, -0.15) is 0 Å². The lowest BCUT2D eigenvalue weighted by molar-refractivity contribution is 0.0600. The molecular formula is C16H13FN2O2. The van der Waals surface area contributed by atoms with E-state index in [-0.39, 0.29) is 5.82 Å². The first-order chi connectivity index (χ1) is 10.2. The van der Waals surface area contributed by atoms with Gasteiger partial charge >= 0.3 is 5.97 Å². The van der Waals surface area contributed by atoms with Crippen LogP contribution >= 0.6 is 0 Å². The van der Waals surface area contributed by atoms with Crippen LogP contribution in [0.25, 0.3) is 5.65 Å². The van der Waals surface area contributed by atoms with Crippen LogP contribution in [0.2, 0.25) is 0 Å². The van der Waals surface area contributed by atoms with E-state index in [2.05, 4.69) is 9.72 Å². The number of methoxy groups -OCH3 is 1.